The van der Waals surface area contributed by atoms with Crippen LogP contribution in [-0.4, -0.2) is 16.2 Å². The summed E-state index contributed by atoms with van der Waals surface area (Å²) in [6.45, 7) is 1.75. The van der Waals surface area contributed by atoms with E-state index >= 15 is 0 Å². The number of pyridine rings is 1. The second-order valence-corrected chi connectivity index (χ2v) is 2.47. The molecular weight excluding hydrogens is 175 g/mol. The van der Waals surface area contributed by atoms with Crippen molar-refractivity contribution in [3.63, 3.8) is 0 Å². The zero-order valence-electron chi connectivity index (χ0n) is 6.49. The topological polar surface area (TPSA) is 25.2 Å². The van der Waals surface area contributed by atoms with Gasteiger partial charge in [0.15, 0.2) is 0 Å². The zero-order chi connectivity index (χ0) is 8.97. The van der Waals surface area contributed by atoms with Gasteiger partial charge in [0.2, 0.25) is 0 Å². The number of hydrogen-bond acceptors (Lipinski definition) is 2. The summed E-state index contributed by atoms with van der Waals surface area (Å²) in [7, 11) is 0. The quantitative estimate of drug-likeness (QED) is 0.490. The van der Waals surface area contributed by atoms with Crippen LogP contribution in [0.1, 0.15) is 12.5 Å². The fourth-order valence-corrected chi connectivity index (χ4v) is 0.938. The lowest BCUT2D eigenvalue weighted by Gasteiger charge is -1.95. The lowest BCUT2D eigenvalue weighted by atomic mass is 10.3. The second kappa shape index (κ2) is 4.01. The molecule has 2 nitrogen and oxygen atoms in total. The van der Waals surface area contributed by atoms with Gasteiger partial charge < -0.3 is 0 Å². The van der Waals surface area contributed by atoms with Gasteiger partial charge in [-0.2, -0.15) is 0 Å². The third kappa shape index (κ3) is 2.17. The number of halogens is 1. The Morgan fingerprint density at radius 1 is 1.67 bits per heavy atom. The van der Waals surface area contributed by atoms with Crippen LogP contribution in [0.15, 0.2) is 23.5 Å². The first-order valence-electron chi connectivity index (χ1n) is 3.37. The molecule has 62 valence electrons. The van der Waals surface area contributed by atoms with Crippen LogP contribution in [0.25, 0.3) is 0 Å². The van der Waals surface area contributed by atoms with Crippen molar-refractivity contribution in [2.24, 2.45) is 4.99 Å². The molecule has 0 saturated carbocycles. The van der Waals surface area contributed by atoms with Crippen LogP contribution in [-0.2, 0) is 0 Å². The average molecular weight is 182 g/mol. The molecule has 1 aromatic rings. The Morgan fingerprint density at radius 2 is 2.42 bits per heavy atom. The molecule has 0 radical (unpaired) electrons. The smallest absolute Gasteiger partial charge is 0.142 e. The second-order valence-electron chi connectivity index (χ2n) is 2.08. The predicted molar refractivity (Wildman–Crippen MR) is 50.1 cm³/mol. The Bertz CT molecular complexity index is 323. The Morgan fingerprint density at radius 3 is 3.00 bits per heavy atom. The van der Waals surface area contributed by atoms with Crippen LogP contribution in [0, 0.1) is 5.82 Å². The highest BCUT2D eigenvalue weighted by molar-refractivity contribution is 7.80. The van der Waals surface area contributed by atoms with Gasteiger partial charge in [0.05, 0.1) is 6.20 Å². The van der Waals surface area contributed by atoms with E-state index in [1.807, 2.05) is 0 Å². The van der Waals surface area contributed by atoms with Crippen LogP contribution in [0.5, 0.6) is 0 Å². The summed E-state index contributed by atoms with van der Waals surface area (Å²) in [5.41, 5.74) is 0.531. The van der Waals surface area contributed by atoms with Crippen molar-refractivity contribution in [1.82, 2.24) is 4.98 Å². The maximum absolute atomic E-state index is 12.6. The highest BCUT2D eigenvalue weighted by Crippen LogP contribution is 2.03. The number of hydrogen-bond donors (Lipinski definition) is 0. The van der Waals surface area contributed by atoms with Gasteiger partial charge in [-0.3, -0.25) is 4.98 Å². The minimum absolute atomic E-state index is 0.351. The Balaban J connectivity index is 2.96. The van der Waals surface area contributed by atoms with Gasteiger partial charge in [-0.15, -0.1) is 0 Å². The van der Waals surface area contributed by atoms with Crippen molar-refractivity contribution in [3.05, 3.63) is 29.8 Å². The molecule has 0 saturated heterocycles. The van der Waals surface area contributed by atoms with Gasteiger partial charge in [-0.05, 0) is 13.0 Å². The van der Waals surface area contributed by atoms with Gasteiger partial charge in [0, 0.05) is 18.0 Å². The van der Waals surface area contributed by atoms with Crippen molar-refractivity contribution in [2.75, 3.05) is 0 Å². The third-order valence-corrected chi connectivity index (χ3v) is 1.54. The van der Waals surface area contributed by atoms with Crippen LogP contribution in [0.2, 0.25) is 0 Å². The number of aromatic nitrogens is 1. The van der Waals surface area contributed by atoms with E-state index in [1.165, 1.54) is 12.3 Å². The van der Waals surface area contributed by atoms with E-state index < -0.39 is 5.82 Å². The molecule has 1 rings (SSSR count). The minimum Gasteiger partial charge on any atom is -0.261 e. The van der Waals surface area contributed by atoms with E-state index in [9.17, 15) is 4.39 Å². The summed E-state index contributed by atoms with van der Waals surface area (Å²) in [6.07, 6.45) is 4.17. The number of aliphatic imine (C=N–C) groups is 1. The van der Waals surface area contributed by atoms with Gasteiger partial charge in [-0.1, -0.05) is 12.2 Å². The van der Waals surface area contributed by atoms with E-state index in [1.54, 1.807) is 13.1 Å². The molecular formula is C8H7FN2S. The van der Waals surface area contributed by atoms with Crippen molar-refractivity contribution < 1.29 is 4.39 Å². The molecule has 0 aromatic carbocycles. The maximum Gasteiger partial charge on any atom is 0.142 e. The molecule has 12 heavy (non-hydrogen) atoms. The molecule has 0 unspecified atom stereocenters. The zero-order valence-corrected chi connectivity index (χ0v) is 7.31. The van der Waals surface area contributed by atoms with Crippen LogP contribution in [0.3, 0.4) is 0 Å². The lowest BCUT2D eigenvalue weighted by Crippen LogP contribution is -1.94. The molecule has 1 heterocycles. The Labute approximate surface area is 75.2 Å². The van der Waals surface area contributed by atoms with Crippen LogP contribution in [0.4, 0.5) is 4.39 Å². The first kappa shape index (κ1) is 8.93. The average Bonchev–Trinajstić information content (AvgIpc) is 2.05. The van der Waals surface area contributed by atoms with Crippen molar-refractivity contribution in [3.8, 4) is 0 Å². The van der Waals surface area contributed by atoms with E-state index in [-0.39, 0.29) is 0 Å². The normalized spacial score (nSPS) is 10.5. The van der Waals surface area contributed by atoms with E-state index in [2.05, 4.69) is 9.98 Å². The molecule has 0 aliphatic heterocycles. The van der Waals surface area contributed by atoms with Crippen LogP contribution >= 0.6 is 12.2 Å². The van der Waals surface area contributed by atoms with Crippen molar-refractivity contribution >= 4 is 23.4 Å². The molecule has 0 atom stereocenters. The fraction of sp³-hybridized carbons (Fsp3) is 0.125. The molecule has 1 aromatic heterocycles. The summed E-state index contributed by atoms with van der Waals surface area (Å²) in [5, 5.41) is 0. The molecule has 0 amide bonds. The Hall–Kier alpha value is -1.16. The summed E-state index contributed by atoms with van der Waals surface area (Å²) in [6, 6.07) is 1.31. The van der Waals surface area contributed by atoms with Crippen molar-refractivity contribution in [2.45, 2.75) is 6.92 Å². The first-order chi connectivity index (χ1) is 5.74. The predicted octanol–water partition coefficient (Wildman–Crippen LogP) is 1.99. The highest BCUT2D eigenvalue weighted by atomic mass is 32.1. The van der Waals surface area contributed by atoms with E-state index in [4.69, 9.17) is 12.2 Å². The monoisotopic (exact) mass is 182 g/mol. The first-order valence-corrected chi connectivity index (χ1v) is 3.78. The molecule has 0 fully saturated rings. The summed E-state index contributed by atoms with van der Waals surface area (Å²) >= 11 is 4.87. The number of rotatable bonds is 1. The summed E-state index contributed by atoms with van der Waals surface area (Å²) in [5.74, 6) is -0.402. The molecule has 0 spiro atoms. The van der Waals surface area contributed by atoms with Gasteiger partial charge in [0.1, 0.15) is 10.8 Å². The maximum atomic E-state index is 12.6. The van der Waals surface area contributed by atoms with Gasteiger partial charge in [0.25, 0.3) is 0 Å². The number of thiocarbonyl (C=S) groups is 1. The van der Waals surface area contributed by atoms with Gasteiger partial charge >= 0.3 is 0 Å². The van der Waals surface area contributed by atoms with Gasteiger partial charge in [-0.25, -0.2) is 9.38 Å². The standard InChI is InChI=1S/C8H7FN2S/c1-2-11-8(12)6-3-7(9)5-10-4-6/h2-5H,1H3. The minimum atomic E-state index is -0.402. The summed E-state index contributed by atoms with van der Waals surface area (Å²) < 4.78 is 12.6. The molecule has 0 bridgehead atoms. The summed E-state index contributed by atoms with van der Waals surface area (Å²) in [4.78, 5) is 7.84. The Kier molecular flexibility index (Phi) is 2.99. The largest absolute Gasteiger partial charge is 0.261 e. The molecule has 0 N–H and O–H groups in total. The SMILES string of the molecule is CC=NC(=S)c1cncc(F)c1. The highest BCUT2D eigenvalue weighted by Gasteiger charge is 1.99. The lowest BCUT2D eigenvalue weighted by molar-refractivity contribution is 0.621. The van der Waals surface area contributed by atoms with E-state index in [0.717, 1.165) is 6.20 Å². The van der Waals surface area contributed by atoms with Crippen molar-refractivity contribution in [1.29, 1.82) is 0 Å². The molecule has 4 heteroatoms. The molecule has 0 aliphatic carbocycles. The third-order valence-electron chi connectivity index (χ3n) is 1.20. The molecule has 0 aliphatic rings. The van der Waals surface area contributed by atoms with Crippen LogP contribution < -0.4 is 0 Å². The van der Waals surface area contributed by atoms with E-state index in [0.29, 0.717) is 10.6 Å². The number of nitrogens with zero attached hydrogens (tertiary/aromatic N) is 2. The fourth-order valence-electron chi connectivity index (χ4n) is 0.721.